The Balaban J connectivity index is 2.11. The van der Waals surface area contributed by atoms with Crippen molar-refractivity contribution in [1.82, 2.24) is 0 Å². The molecule has 0 spiro atoms. The van der Waals surface area contributed by atoms with E-state index >= 15 is 0 Å². The van der Waals surface area contributed by atoms with Crippen molar-refractivity contribution in [3.05, 3.63) is 52.5 Å². The zero-order chi connectivity index (χ0) is 18.2. The van der Waals surface area contributed by atoms with Crippen molar-refractivity contribution in [2.24, 2.45) is 0 Å². The van der Waals surface area contributed by atoms with Crippen LogP contribution in [0.5, 0.6) is 5.75 Å². The Morgan fingerprint density at radius 2 is 1.92 bits per heavy atom. The lowest BCUT2D eigenvalue weighted by molar-refractivity contribution is -0.246. The predicted molar refractivity (Wildman–Crippen MR) is 86.7 cm³/mol. The molecular formula is C18H14ClF3O3. The van der Waals surface area contributed by atoms with Gasteiger partial charge in [-0.3, -0.25) is 0 Å². The number of aliphatic hydroxyl groups is 1. The van der Waals surface area contributed by atoms with Crippen LogP contribution in [0.1, 0.15) is 24.0 Å². The highest BCUT2D eigenvalue weighted by Crippen LogP contribution is 2.57. The maximum atomic E-state index is 13.7. The standard InChI is InChI=1S/C18H14ClF3O3/c19-15-10-11(25-8-4-3-7-23)9-14-16(15)12-5-1-2-6-13(12)17(14,24)18(20,21)22/h1-2,5-7,9-10,24H,3-4,8H2. The van der Waals surface area contributed by atoms with Crippen LogP contribution in [0.4, 0.5) is 13.2 Å². The topological polar surface area (TPSA) is 46.5 Å². The monoisotopic (exact) mass is 370 g/mol. The molecule has 0 bridgehead atoms. The van der Waals surface area contributed by atoms with Gasteiger partial charge in [-0.05, 0) is 24.1 Å². The lowest BCUT2D eigenvalue weighted by Crippen LogP contribution is -2.41. The number of alkyl halides is 3. The first-order valence-electron chi connectivity index (χ1n) is 7.60. The summed E-state index contributed by atoms with van der Waals surface area (Å²) in [6.45, 7) is 0.158. The van der Waals surface area contributed by atoms with E-state index in [0.717, 1.165) is 12.4 Å². The lowest BCUT2D eigenvalue weighted by Gasteiger charge is -2.28. The van der Waals surface area contributed by atoms with Crippen molar-refractivity contribution in [1.29, 1.82) is 0 Å². The van der Waals surface area contributed by atoms with Gasteiger partial charge in [-0.1, -0.05) is 35.9 Å². The van der Waals surface area contributed by atoms with Crippen molar-refractivity contribution in [3.63, 3.8) is 0 Å². The molecule has 1 N–H and O–H groups in total. The Kier molecular flexibility index (Phi) is 4.51. The maximum absolute atomic E-state index is 13.7. The Hall–Kier alpha value is -2.05. The molecule has 1 atom stereocenters. The molecule has 0 saturated carbocycles. The molecule has 3 rings (SSSR count). The molecule has 0 aliphatic heterocycles. The van der Waals surface area contributed by atoms with E-state index in [2.05, 4.69) is 0 Å². The van der Waals surface area contributed by atoms with Gasteiger partial charge in [0.05, 0.1) is 11.6 Å². The van der Waals surface area contributed by atoms with Crippen LogP contribution in [0.3, 0.4) is 0 Å². The van der Waals surface area contributed by atoms with E-state index < -0.39 is 11.8 Å². The molecule has 1 unspecified atom stereocenters. The summed E-state index contributed by atoms with van der Waals surface area (Å²) in [6, 6.07) is 8.34. The summed E-state index contributed by atoms with van der Waals surface area (Å²) in [6.07, 6.45) is -3.47. The predicted octanol–water partition coefficient (Wildman–Crippen LogP) is 4.48. The molecule has 3 nitrogen and oxygen atoms in total. The minimum absolute atomic E-state index is 0.0653. The number of carbonyl (C=O) groups excluding carboxylic acids is 1. The van der Waals surface area contributed by atoms with E-state index in [0.29, 0.717) is 6.42 Å². The largest absolute Gasteiger partial charge is 0.494 e. The minimum Gasteiger partial charge on any atom is -0.494 e. The average molecular weight is 371 g/mol. The van der Waals surface area contributed by atoms with Gasteiger partial charge in [-0.15, -0.1) is 0 Å². The number of benzene rings is 2. The van der Waals surface area contributed by atoms with Crippen LogP contribution in [0.25, 0.3) is 11.1 Å². The fourth-order valence-electron chi connectivity index (χ4n) is 3.05. The second-order valence-electron chi connectivity index (χ2n) is 5.74. The number of hydrogen-bond acceptors (Lipinski definition) is 3. The number of unbranched alkanes of at least 4 members (excludes halogenated alkanes) is 1. The molecular weight excluding hydrogens is 357 g/mol. The van der Waals surface area contributed by atoms with Crippen LogP contribution in [0.2, 0.25) is 5.02 Å². The average Bonchev–Trinajstić information content (AvgIpc) is 2.83. The molecule has 0 heterocycles. The second kappa shape index (κ2) is 6.35. The van der Waals surface area contributed by atoms with Crippen LogP contribution >= 0.6 is 11.6 Å². The normalized spacial score (nSPS) is 18.6. The van der Waals surface area contributed by atoms with Gasteiger partial charge < -0.3 is 14.6 Å². The summed E-state index contributed by atoms with van der Waals surface area (Å²) in [5.41, 5.74) is -3.35. The number of halogens is 4. The van der Waals surface area contributed by atoms with Crippen molar-refractivity contribution in [2.45, 2.75) is 24.6 Å². The van der Waals surface area contributed by atoms with Crippen molar-refractivity contribution in [2.75, 3.05) is 6.61 Å². The molecule has 2 aromatic rings. The Morgan fingerprint density at radius 1 is 1.20 bits per heavy atom. The fraction of sp³-hybridized carbons (Fsp3) is 0.278. The summed E-state index contributed by atoms with van der Waals surface area (Å²) in [5, 5.41) is 10.7. The third-order valence-corrected chi connectivity index (χ3v) is 4.48. The third kappa shape index (κ3) is 2.79. The molecule has 132 valence electrons. The van der Waals surface area contributed by atoms with Gasteiger partial charge in [0, 0.05) is 23.1 Å². The van der Waals surface area contributed by atoms with E-state index in [9.17, 15) is 23.1 Å². The summed E-state index contributed by atoms with van der Waals surface area (Å²) < 4.78 is 46.6. The van der Waals surface area contributed by atoms with Gasteiger partial charge in [-0.25, -0.2) is 0 Å². The third-order valence-electron chi connectivity index (χ3n) is 4.19. The molecule has 0 saturated heterocycles. The Morgan fingerprint density at radius 3 is 2.60 bits per heavy atom. The highest BCUT2D eigenvalue weighted by Gasteiger charge is 2.61. The number of fused-ring (bicyclic) bond motifs is 3. The maximum Gasteiger partial charge on any atom is 0.425 e. The SMILES string of the molecule is O=CCCCOc1cc(Cl)c2c(c1)C(O)(C(F)(F)F)c1ccccc1-2. The van der Waals surface area contributed by atoms with Gasteiger partial charge in [0.15, 0.2) is 0 Å². The van der Waals surface area contributed by atoms with Crippen LogP contribution in [-0.2, 0) is 10.4 Å². The molecule has 7 heteroatoms. The van der Waals surface area contributed by atoms with Gasteiger partial charge in [0.2, 0.25) is 5.60 Å². The number of hydrogen-bond donors (Lipinski definition) is 1. The Bertz CT molecular complexity index is 820. The number of ether oxygens (including phenoxy) is 1. The van der Waals surface area contributed by atoms with Crippen LogP contribution < -0.4 is 4.74 Å². The van der Waals surface area contributed by atoms with Gasteiger partial charge in [0.1, 0.15) is 12.0 Å². The summed E-state index contributed by atoms with van der Waals surface area (Å²) in [5.74, 6) is 0.116. The van der Waals surface area contributed by atoms with Crippen LogP contribution in [-0.4, -0.2) is 24.2 Å². The molecule has 0 amide bonds. The number of aldehydes is 1. The highest BCUT2D eigenvalue weighted by molar-refractivity contribution is 6.34. The molecule has 0 fully saturated rings. The van der Waals surface area contributed by atoms with Gasteiger partial charge in [0.25, 0.3) is 0 Å². The molecule has 1 aliphatic rings. The Labute approximate surface area is 147 Å². The smallest absolute Gasteiger partial charge is 0.425 e. The number of rotatable bonds is 5. The molecule has 0 aromatic heterocycles. The highest BCUT2D eigenvalue weighted by atomic mass is 35.5. The van der Waals surface area contributed by atoms with Crippen LogP contribution in [0, 0.1) is 0 Å². The molecule has 0 radical (unpaired) electrons. The zero-order valence-corrected chi connectivity index (χ0v) is 13.7. The summed E-state index contributed by atoms with van der Waals surface area (Å²) in [4.78, 5) is 10.3. The zero-order valence-electron chi connectivity index (χ0n) is 12.9. The first-order chi connectivity index (χ1) is 11.8. The first kappa shape index (κ1) is 17.8. The van der Waals surface area contributed by atoms with Crippen LogP contribution in [0.15, 0.2) is 36.4 Å². The molecule has 2 aromatic carbocycles. The van der Waals surface area contributed by atoms with E-state index in [-0.39, 0.29) is 46.1 Å². The first-order valence-corrected chi connectivity index (χ1v) is 7.98. The van der Waals surface area contributed by atoms with Crippen molar-refractivity contribution < 1.29 is 27.8 Å². The molecule has 1 aliphatic carbocycles. The second-order valence-corrected chi connectivity index (χ2v) is 6.15. The number of carbonyl (C=O) groups is 1. The van der Waals surface area contributed by atoms with Crippen molar-refractivity contribution >= 4 is 17.9 Å². The quantitative estimate of drug-likeness (QED) is 0.623. The van der Waals surface area contributed by atoms with E-state index in [1.54, 1.807) is 6.07 Å². The van der Waals surface area contributed by atoms with E-state index in [1.807, 2.05) is 0 Å². The molecule has 25 heavy (non-hydrogen) atoms. The minimum atomic E-state index is -4.92. The lowest BCUT2D eigenvalue weighted by atomic mass is 9.90. The van der Waals surface area contributed by atoms with Crippen molar-refractivity contribution in [3.8, 4) is 16.9 Å². The van der Waals surface area contributed by atoms with E-state index in [1.165, 1.54) is 24.3 Å². The summed E-state index contributed by atoms with van der Waals surface area (Å²) in [7, 11) is 0. The fourth-order valence-corrected chi connectivity index (χ4v) is 3.36. The van der Waals surface area contributed by atoms with Gasteiger partial charge >= 0.3 is 6.18 Å². The van der Waals surface area contributed by atoms with E-state index in [4.69, 9.17) is 16.3 Å². The summed E-state index contributed by atoms with van der Waals surface area (Å²) >= 11 is 6.21. The van der Waals surface area contributed by atoms with Gasteiger partial charge in [-0.2, -0.15) is 13.2 Å².